The fraction of sp³-hybridized carbons (Fsp3) is 0.333. The Bertz CT molecular complexity index is 762. The molecule has 1 heterocycles. The van der Waals surface area contributed by atoms with Gasteiger partial charge in [0.25, 0.3) is 0 Å². The van der Waals surface area contributed by atoms with Crippen LogP contribution in [0.1, 0.15) is 17.5 Å². The molecular weight excluding hydrogens is 330 g/mol. The summed E-state index contributed by atoms with van der Waals surface area (Å²) in [6, 6.07) is 18.0. The second-order valence-corrected chi connectivity index (χ2v) is 8.74. The quantitative estimate of drug-likeness (QED) is 0.828. The standard InChI is InChI=1S/C18H20ClNO2S/c19-17-8-4-7-16(11-17)13-20(12-15-5-2-1-3-6-15)18-9-10-23(21,22)14-18/h1-8,11,18H,9-10,12-14H2/t18-/m0/s1. The van der Waals surface area contributed by atoms with Gasteiger partial charge < -0.3 is 0 Å². The van der Waals surface area contributed by atoms with Gasteiger partial charge in [0.05, 0.1) is 11.5 Å². The van der Waals surface area contributed by atoms with Crippen LogP contribution in [0.25, 0.3) is 0 Å². The molecule has 0 saturated carbocycles. The van der Waals surface area contributed by atoms with Gasteiger partial charge in [-0.05, 0) is 29.7 Å². The van der Waals surface area contributed by atoms with Gasteiger partial charge in [0.1, 0.15) is 0 Å². The highest BCUT2D eigenvalue weighted by atomic mass is 35.5. The van der Waals surface area contributed by atoms with Crippen molar-refractivity contribution in [2.24, 2.45) is 0 Å². The molecule has 2 aromatic carbocycles. The van der Waals surface area contributed by atoms with Gasteiger partial charge in [-0.3, -0.25) is 4.90 Å². The lowest BCUT2D eigenvalue weighted by atomic mass is 10.1. The van der Waals surface area contributed by atoms with E-state index in [1.807, 2.05) is 42.5 Å². The van der Waals surface area contributed by atoms with Crippen LogP contribution in [-0.2, 0) is 22.9 Å². The molecule has 3 rings (SSSR count). The van der Waals surface area contributed by atoms with E-state index in [-0.39, 0.29) is 11.8 Å². The van der Waals surface area contributed by atoms with E-state index >= 15 is 0 Å². The Morgan fingerprint density at radius 2 is 1.70 bits per heavy atom. The molecule has 0 aliphatic carbocycles. The van der Waals surface area contributed by atoms with Gasteiger partial charge in [-0.15, -0.1) is 0 Å². The first-order valence-electron chi connectivity index (χ1n) is 7.75. The molecule has 0 aromatic heterocycles. The minimum absolute atomic E-state index is 0.0687. The molecule has 1 fully saturated rings. The number of halogens is 1. The molecule has 2 aromatic rings. The lowest BCUT2D eigenvalue weighted by Crippen LogP contribution is -2.35. The molecule has 5 heteroatoms. The lowest BCUT2D eigenvalue weighted by molar-refractivity contribution is 0.194. The van der Waals surface area contributed by atoms with Crippen molar-refractivity contribution in [2.75, 3.05) is 11.5 Å². The van der Waals surface area contributed by atoms with E-state index in [9.17, 15) is 8.42 Å². The van der Waals surface area contributed by atoms with E-state index in [0.717, 1.165) is 12.1 Å². The Balaban J connectivity index is 1.81. The Hall–Kier alpha value is -1.36. The fourth-order valence-corrected chi connectivity index (χ4v) is 5.04. The lowest BCUT2D eigenvalue weighted by Gasteiger charge is -2.28. The zero-order valence-corrected chi connectivity index (χ0v) is 14.4. The third kappa shape index (κ3) is 4.56. The Labute approximate surface area is 142 Å². The largest absolute Gasteiger partial charge is 0.291 e. The summed E-state index contributed by atoms with van der Waals surface area (Å²) >= 11 is 6.08. The van der Waals surface area contributed by atoms with Crippen LogP contribution < -0.4 is 0 Å². The molecule has 0 N–H and O–H groups in total. The molecule has 0 amide bonds. The highest BCUT2D eigenvalue weighted by molar-refractivity contribution is 7.91. The minimum Gasteiger partial charge on any atom is -0.291 e. The molecule has 1 aliphatic heterocycles. The maximum atomic E-state index is 11.9. The number of nitrogens with zero attached hydrogens (tertiary/aromatic N) is 1. The van der Waals surface area contributed by atoms with E-state index in [1.165, 1.54) is 5.56 Å². The molecule has 0 spiro atoms. The monoisotopic (exact) mass is 349 g/mol. The number of hydrogen-bond acceptors (Lipinski definition) is 3. The summed E-state index contributed by atoms with van der Waals surface area (Å²) in [5, 5.41) is 0.709. The van der Waals surface area contributed by atoms with Crippen molar-refractivity contribution in [3.8, 4) is 0 Å². The van der Waals surface area contributed by atoms with Gasteiger partial charge in [-0.25, -0.2) is 8.42 Å². The highest BCUT2D eigenvalue weighted by Gasteiger charge is 2.32. The molecule has 1 atom stereocenters. The van der Waals surface area contributed by atoms with Crippen molar-refractivity contribution in [3.05, 3.63) is 70.7 Å². The zero-order chi connectivity index (χ0) is 16.3. The van der Waals surface area contributed by atoms with Crippen molar-refractivity contribution in [1.29, 1.82) is 0 Å². The normalized spacial score (nSPS) is 20.0. The average Bonchev–Trinajstić information content (AvgIpc) is 2.88. The van der Waals surface area contributed by atoms with Crippen LogP contribution in [0.15, 0.2) is 54.6 Å². The number of hydrogen-bond donors (Lipinski definition) is 0. The number of rotatable bonds is 5. The number of benzene rings is 2. The zero-order valence-electron chi connectivity index (χ0n) is 12.9. The van der Waals surface area contributed by atoms with Gasteiger partial charge in [0, 0.05) is 24.2 Å². The first-order chi connectivity index (χ1) is 11.0. The second-order valence-electron chi connectivity index (χ2n) is 6.08. The summed E-state index contributed by atoms with van der Waals surface area (Å²) in [6.45, 7) is 1.45. The Morgan fingerprint density at radius 1 is 1.00 bits per heavy atom. The molecule has 0 radical (unpaired) electrons. The molecule has 23 heavy (non-hydrogen) atoms. The van der Waals surface area contributed by atoms with Crippen LogP contribution in [0, 0.1) is 0 Å². The molecule has 1 aliphatic rings. The fourth-order valence-electron chi connectivity index (χ4n) is 3.07. The predicted molar refractivity (Wildman–Crippen MR) is 94.2 cm³/mol. The van der Waals surface area contributed by atoms with Gasteiger partial charge in [0.15, 0.2) is 9.84 Å². The molecule has 1 saturated heterocycles. The SMILES string of the molecule is O=S1(=O)CC[C@H](N(Cc2ccccc2)Cc2cccc(Cl)c2)C1. The van der Waals surface area contributed by atoms with Crippen LogP contribution in [0.2, 0.25) is 5.02 Å². The summed E-state index contributed by atoms with van der Waals surface area (Å²) in [6.07, 6.45) is 0.704. The van der Waals surface area contributed by atoms with Crippen molar-refractivity contribution in [1.82, 2.24) is 4.90 Å². The van der Waals surface area contributed by atoms with E-state index in [2.05, 4.69) is 17.0 Å². The van der Waals surface area contributed by atoms with Crippen LogP contribution >= 0.6 is 11.6 Å². The van der Waals surface area contributed by atoms with Gasteiger partial charge in [-0.2, -0.15) is 0 Å². The second kappa shape index (κ2) is 7.04. The third-order valence-corrected chi connectivity index (χ3v) is 6.21. The Kier molecular flexibility index (Phi) is 5.05. The Morgan fingerprint density at radius 3 is 2.35 bits per heavy atom. The van der Waals surface area contributed by atoms with Gasteiger partial charge >= 0.3 is 0 Å². The molecule has 122 valence electrons. The van der Waals surface area contributed by atoms with Gasteiger partial charge in [0.2, 0.25) is 0 Å². The summed E-state index contributed by atoms with van der Waals surface area (Å²) in [5.41, 5.74) is 2.30. The van der Waals surface area contributed by atoms with Crippen LogP contribution in [-0.4, -0.2) is 30.9 Å². The van der Waals surface area contributed by atoms with E-state index in [1.54, 1.807) is 0 Å². The smallest absolute Gasteiger partial charge is 0.151 e. The molecule has 0 unspecified atom stereocenters. The third-order valence-electron chi connectivity index (χ3n) is 4.23. The first kappa shape index (κ1) is 16.5. The maximum Gasteiger partial charge on any atom is 0.151 e. The van der Waals surface area contributed by atoms with E-state index in [4.69, 9.17) is 11.6 Å². The van der Waals surface area contributed by atoms with E-state index < -0.39 is 9.84 Å². The van der Waals surface area contributed by atoms with Crippen LogP contribution in [0.4, 0.5) is 0 Å². The average molecular weight is 350 g/mol. The van der Waals surface area contributed by atoms with Crippen molar-refractivity contribution < 1.29 is 8.42 Å². The molecule has 3 nitrogen and oxygen atoms in total. The van der Waals surface area contributed by atoms with E-state index in [0.29, 0.717) is 23.7 Å². The molecule has 0 bridgehead atoms. The molecular formula is C18H20ClNO2S. The summed E-state index contributed by atoms with van der Waals surface area (Å²) < 4.78 is 23.7. The first-order valence-corrected chi connectivity index (χ1v) is 9.95. The van der Waals surface area contributed by atoms with Crippen LogP contribution in [0.5, 0.6) is 0 Å². The van der Waals surface area contributed by atoms with Gasteiger partial charge in [-0.1, -0.05) is 54.1 Å². The van der Waals surface area contributed by atoms with Crippen molar-refractivity contribution >= 4 is 21.4 Å². The van der Waals surface area contributed by atoms with Crippen molar-refractivity contribution in [2.45, 2.75) is 25.6 Å². The number of sulfone groups is 1. The summed E-state index contributed by atoms with van der Waals surface area (Å²) in [7, 11) is -2.90. The summed E-state index contributed by atoms with van der Waals surface area (Å²) in [5.74, 6) is 0.541. The highest BCUT2D eigenvalue weighted by Crippen LogP contribution is 2.23. The summed E-state index contributed by atoms with van der Waals surface area (Å²) in [4.78, 5) is 2.26. The predicted octanol–water partition coefficient (Wildman–Crippen LogP) is 3.53. The van der Waals surface area contributed by atoms with Crippen LogP contribution in [0.3, 0.4) is 0 Å². The minimum atomic E-state index is -2.90. The van der Waals surface area contributed by atoms with Crippen molar-refractivity contribution in [3.63, 3.8) is 0 Å². The maximum absolute atomic E-state index is 11.9. The topological polar surface area (TPSA) is 37.4 Å².